The summed E-state index contributed by atoms with van der Waals surface area (Å²) in [5.41, 5.74) is 2.50. The van der Waals surface area contributed by atoms with Crippen LogP contribution in [0.2, 0.25) is 0 Å². The molecule has 0 unspecified atom stereocenters. The van der Waals surface area contributed by atoms with Crippen LogP contribution >= 0.6 is 0 Å². The van der Waals surface area contributed by atoms with Crippen molar-refractivity contribution in [1.29, 1.82) is 0 Å². The number of benzene rings is 2. The van der Waals surface area contributed by atoms with Crippen molar-refractivity contribution < 1.29 is 9.53 Å². The summed E-state index contributed by atoms with van der Waals surface area (Å²) >= 11 is 0. The van der Waals surface area contributed by atoms with Crippen molar-refractivity contribution in [3.05, 3.63) is 77.9 Å². The Labute approximate surface area is 142 Å². The lowest BCUT2D eigenvalue weighted by molar-refractivity contribution is -0.119. The minimum absolute atomic E-state index is 0.0172. The number of carbonyl (C=O) groups is 1. The molecular weight excluding hydrogens is 298 g/mol. The molecule has 3 atom stereocenters. The SMILES string of the molecule is COc1cccc([C@H]2C[C@@H]3C(=O)C=C[C@@H]2N3Cc2ccccc2)c1. The van der Waals surface area contributed by atoms with E-state index in [1.165, 1.54) is 11.1 Å². The van der Waals surface area contributed by atoms with Gasteiger partial charge in [0.1, 0.15) is 5.75 Å². The second kappa shape index (κ2) is 6.25. The summed E-state index contributed by atoms with van der Waals surface area (Å²) in [5, 5.41) is 0. The normalized spacial score (nSPS) is 25.9. The van der Waals surface area contributed by atoms with Crippen molar-refractivity contribution in [3.8, 4) is 5.75 Å². The van der Waals surface area contributed by atoms with Crippen LogP contribution in [-0.4, -0.2) is 29.9 Å². The molecule has 2 heterocycles. The fraction of sp³-hybridized carbons (Fsp3) is 0.286. The highest BCUT2D eigenvalue weighted by molar-refractivity contribution is 5.96. The first-order valence-corrected chi connectivity index (χ1v) is 8.42. The average molecular weight is 319 g/mol. The van der Waals surface area contributed by atoms with Gasteiger partial charge in [-0.3, -0.25) is 9.69 Å². The van der Waals surface area contributed by atoms with Crippen LogP contribution < -0.4 is 4.74 Å². The fourth-order valence-electron chi connectivity index (χ4n) is 4.00. The molecular formula is C21H21NO2. The van der Waals surface area contributed by atoms with Gasteiger partial charge in [-0.2, -0.15) is 0 Å². The first kappa shape index (κ1) is 15.2. The second-order valence-electron chi connectivity index (χ2n) is 6.54. The highest BCUT2D eigenvalue weighted by Crippen LogP contribution is 2.42. The summed E-state index contributed by atoms with van der Waals surface area (Å²) in [6.45, 7) is 0.812. The van der Waals surface area contributed by atoms with Gasteiger partial charge in [-0.1, -0.05) is 48.5 Å². The Hall–Kier alpha value is -2.39. The molecule has 0 radical (unpaired) electrons. The van der Waals surface area contributed by atoms with Crippen LogP contribution in [0.15, 0.2) is 66.7 Å². The van der Waals surface area contributed by atoms with E-state index in [9.17, 15) is 4.79 Å². The Morgan fingerprint density at radius 2 is 1.96 bits per heavy atom. The predicted molar refractivity (Wildman–Crippen MR) is 94.1 cm³/mol. The van der Waals surface area contributed by atoms with Gasteiger partial charge in [0.05, 0.1) is 13.2 Å². The Kier molecular flexibility index (Phi) is 3.95. The predicted octanol–water partition coefficient (Wildman–Crippen LogP) is 3.56. The summed E-state index contributed by atoms with van der Waals surface area (Å²) in [4.78, 5) is 14.7. The quantitative estimate of drug-likeness (QED) is 0.863. The highest BCUT2D eigenvalue weighted by atomic mass is 16.5. The average Bonchev–Trinajstić information content (AvgIpc) is 2.89. The van der Waals surface area contributed by atoms with Gasteiger partial charge in [0.25, 0.3) is 0 Å². The number of fused-ring (bicyclic) bond motifs is 2. The zero-order valence-corrected chi connectivity index (χ0v) is 13.8. The minimum atomic E-state index is -0.0172. The number of hydrogen-bond acceptors (Lipinski definition) is 3. The largest absolute Gasteiger partial charge is 0.497 e. The number of ether oxygens (including phenoxy) is 1. The van der Waals surface area contributed by atoms with Gasteiger partial charge in [-0.25, -0.2) is 0 Å². The zero-order chi connectivity index (χ0) is 16.5. The molecule has 24 heavy (non-hydrogen) atoms. The lowest BCUT2D eigenvalue weighted by atomic mass is 9.91. The lowest BCUT2D eigenvalue weighted by Gasteiger charge is -2.31. The molecule has 0 aromatic heterocycles. The van der Waals surface area contributed by atoms with E-state index in [1.807, 2.05) is 18.2 Å². The van der Waals surface area contributed by atoms with E-state index >= 15 is 0 Å². The number of methoxy groups -OCH3 is 1. The molecule has 3 nitrogen and oxygen atoms in total. The number of hydrogen-bond donors (Lipinski definition) is 0. The van der Waals surface area contributed by atoms with Gasteiger partial charge < -0.3 is 4.74 Å². The van der Waals surface area contributed by atoms with Gasteiger partial charge in [-0.15, -0.1) is 0 Å². The third kappa shape index (κ3) is 2.65. The fourth-order valence-corrected chi connectivity index (χ4v) is 4.00. The number of carbonyl (C=O) groups excluding carboxylic acids is 1. The van der Waals surface area contributed by atoms with E-state index in [1.54, 1.807) is 13.2 Å². The Balaban J connectivity index is 1.65. The summed E-state index contributed by atoms with van der Waals surface area (Å²) in [5.74, 6) is 1.43. The van der Waals surface area contributed by atoms with Gasteiger partial charge in [0.15, 0.2) is 5.78 Å². The monoisotopic (exact) mass is 319 g/mol. The zero-order valence-electron chi connectivity index (χ0n) is 13.8. The molecule has 122 valence electrons. The van der Waals surface area contributed by atoms with Crippen LogP contribution in [0.5, 0.6) is 5.75 Å². The molecule has 3 heteroatoms. The van der Waals surface area contributed by atoms with Crippen LogP contribution in [0.25, 0.3) is 0 Å². The molecule has 2 aliphatic heterocycles. The molecule has 2 aromatic rings. The first-order valence-electron chi connectivity index (χ1n) is 8.42. The summed E-state index contributed by atoms with van der Waals surface area (Å²) in [6, 6.07) is 18.9. The van der Waals surface area contributed by atoms with Crippen LogP contribution in [-0.2, 0) is 11.3 Å². The van der Waals surface area contributed by atoms with Gasteiger partial charge >= 0.3 is 0 Å². The van der Waals surface area contributed by atoms with Crippen LogP contribution in [0.4, 0.5) is 0 Å². The maximum Gasteiger partial charge on any atom is 0.172 e. The number of ketones is 1. The topological polar surface area (TPSA) is 29.5 Å². The van der Waals surface area contributed by atoms with Crippen molar-refractivity contribution in [3.63, 3.8) is 0 Å². The van der Waals surface area contributed by atoms with E-state index < -0.39 is 0 Å². The van der Waals surface area contributed by atoms with E-state index in [0.717, 1.165) is 18.7 Å². The third-order valence-corrected chi connectivity index (χ3v) is 5.19. The maximum absolute atomic E-state index is 12.4. The molecule has 0 N–H and O–H groups in total. The van der Waals surface area contributed by atoms with Crippen LogP contribution in [0, 0.1) is 0 Å². The van der Waals surface area contributed by atoms with E-state index in [2.05, 4.69) is 47.4 Å². The standard InChI is InChI=1S/C21H21NO2/c1-24-17-9-5-8-16(12-17)18-13-20-21(23)11-10-19(18)22(20)14-15-6-3-2-4-7-15/h2-12,18-20H,13-14H2,1H3/t18-,19+,20-/m1/s1. The molecule has 0 saturated carbocycles. The van der Waals surface area contributed by atoms with Crippen molar-refractivity contribution >= 4 is 5.78 Å². The highest BCUT2D eigenvalue weighted by Gasteiger charge is 2.45. The van der Waals surface area contributed by atoms with Gasteiger partial charge in [0, 0.05) is 18.5 Å². The Morgan fingerprint density at radius 3 is 2.75 bits per heavy atom. The minimum Gasteiger partial charge on any atom is -0.497 e. The van der Waals surface area contributed by atoms with Crippen molar-refractivity contribution in [2.75, 3.05) is 7.11 Å². The van der Waals surface area contributed by atoms with E-state index in [0.29, 0.717) is 5.92 Å². The summed E-state index contributed by atoms with van der Waals surface area (Å²) in [7, 11) is 1.69. The maximum atomic E-state index is 12.4. The molecule has 4 rings (SSSR count). The van der Waals surface area contributed by atoms with Gasteiger partial charge in [0.2, 0.25) is 0 Å². The van der Waals surface area contributed by atoms with Crippen molar-refractivity contribution in [2.24, 2.45) is 0 Å². The molecule has 1 fully saturated rings. The third-order valence-electron chi connectivity index (χ3n) is 5.19. The molecule has 2 aliphatic rings. The van der Waals surface area contributed by atoms with E-state index in [-0.39, 0.29) is 17.9 Å². The molecule has 2 bridgehead atoms. The Morgan fingerprint density at radius 1 is 1.12 bits per heavy atom. The number of rotatable bonds is 4. The van der Waals surface area contributed by atoms with Crippen LogP contribution in [0.3, 0.4) is 0 Å². The lowest BCUT2D eigenvalue weighted by Crippen LogP contribution is -2.42. The Bertz CT molecular complexity index is 768. The summed E-state index contributed by atoms with van der Waals surface area (Å²) in [6.07, 6.45) is 4.73. The van der Waals surface area contributed by atoms with E-state index in [4.69, 9.17) is 4.74 Å². The van der Waals surface area contributed by atoms with Crippen LogP contribution in [0.1, 0.15) is 23.5 Å². The van der Waals surface area contributed by atoms with Crippen molar-refractivity contribution in [1.82, 2.24) is 4.90 Å². The van der Waals surface area contributed by atoms with Gasteiger partial charge in [-0.05, 0) is 35.8 Å². The smallest absolute Gasteiger partial charge is 0.172 e. The molecule has 0 amide bonds. The van der Waals surface area contributed by atoms with Crippen molar-refractivity contribution in [2.45, 2.75) is 31.0 Å². The molecule has 0 spiro atoms. The molecule has 1 saturated heterocycles. The molecule has 0 aliphatic carbocycles. The summed E-state index contributed by atoms with van der Waals surface area (Å²) < 4.78 is 5.37. The second-order valence-corrected chi connectivity index (χ2v) is 6.54. The molecule has 2 aromatic carbocycles. The number of nitrogens with zero attached hydrogens (tertiary/aromatic N) is 1. The first-order chi connectivity index (χ1) is 11.8.